The van der Waals surface area contributed by atoms with E-state index >= 15 is 0 Å². The minimum absolute atomic E-state index is 0. The van der Waals surface area contributed by atoms with Crippen LogP contribution in [0.25, 0.3) is 0 Å². The van der Waals surface area contributed by atoms with Gasteiger partial charge in [-0.3, -0.25) is 0 Å². The van der Waals surface area contributed by atoms with Gasteiger partial charge < -0.3 is 6.92 Å². The van der Waals surface area contributed by atoms with E-state index in [9.17, 15) is 0 Å². The van der Waals surface area contributed by atoms with Gasteiger partial charge in [-0.15, -0.1) is 6.07 Å². The summed E-state index contributed by atoms with van der Waals surface area (Å²) in [6.45, 7) is 2.79. The van der Waals surface area contributed by atoms with Crippen LogP contribution in [0, 0.1) is 18.3 Å². The van der Waals surface area contributed by atoms with Gasteiger partial charge in [-0.2, -0.15) is 0 Å². The van der Waals surface area contributed by atoms with Gasteiger partial charge in [0.1, 0.15) is 0 Å². The molecule has 0 aromatic heterocycles. The van der Waals surface area contributed by atoms with Crippen LogP contribution in [0.3, 0.4) is 0 Å². The second-order valence-corrected chi connectivity index (χ2v) is 0.158. The Morgan fingerprint density at radius 1 is 1.75 bits per heavy atom. The fourth-order valence-electron chi connectivity index (χ4n) is 0. The van der Waals surface area contributed by atoms with Crippen molar-refractivity contribution in [2.45, 2.75) is 0 Å². The molecule has 0 aromatic carbocycles. The molecule has 0 aliphatic heterocycles. The predicted molar refractivity (Wildman–Crippen MR) is 11.0 cm³/mol. The summed E-state index contributed by atoms with van der Waals surface area (Å²) in [5.74, 6) is 0. The van der Waals surface area contributed by atoms with Gasteiger partial charge in [0, 0.05) is 0 Å². The standard InChI is InChI=1S/C2H2N.K/c1-2-3;/h1H2;/q-1;+1. The van der Waals surface area contributed by atoms with Gasteiger partial charge in [0.05, 0.1) is 0 Å². The Labute approximate surface area is 68.4 Å². The molecule has 0 saturated heterocycles. The molecule has 0 aliphatic carbocycles. The van der Waals surface area contributed by atoms with Crippen LogP contribution in [0.1, 0.15) is 0 Å². The third-order valence-corrected chi connectivity index (χ3v) is 0. The van der Waals surface area contributed by atoms with E-state index < -0.39 is 0 Å². The zero-order valence-electron chi connectivity index (χ0n) is 2.65. The molecule has 0 aromatic rings. The molecule has 0 aliphatic rings. The minimum Gasteiger partial charge on any atom is -0.305 e. The van der Waals surface area contributed by atoms with E-state index in [0.29, 0.717) is 0 Å². The maximum atomic E-state index is 7.21. The zero-order chi connectivity index (χ0) is 2.71. The third kappa shape index (κ3) is 12.0. The fraction of sp³-hybridized carbons (Fsp3) is 0. The maximum Gasteiger partial charge on any atom is 1.00 e. The number of nitrogens with zero attached hydrogens (tertiary/aromatic N) is 1. The number of nitriles is 1. The van der Waals surface area contributed by atoms with E-state index in [1.165, 1.54) is 6.07 Å². The summed E-state index contributed by atoms with van der Waals surface area (Å²) in [7, 11) is 0. The van der Waals surface area contributed by atoms with Gasteiger partial charge in [-0.1, -0.05) is 0 Å². The monoisotopic (exact) mass is 79.0 g/mol. The Morgan fingerprint density at radius 3 is 1.75 bits per heavy atom. The van der Waals surface area contributed by atoms with Gasteiger partial charge in [0.2, 0.25) is 0 Å². The van der Waals surface area contributed by atoms with Crippen molar-refractivity contribution < 1.29 is 51.4 Å². The van der Waals surface area contributed by atoms with E-state index in [0.717, 1.165) is 0 Å². The summed E-state index contributed by atoms with van der Waals surface area (Å²) in [4.78, 5) is 0. The average molecular weight is 79.1 g/mol. The number of hydrogen-bond donors (Lipinski definition) is 0. The summed E-state index contributed by atoms with van der Waals surface area (Å²) in [6.07, 6.45) is 0. The summed E-state index contributed by atoms with van der Waals surface area (Å²) in [6, 6.07) is 1.50. The van der Waals surface area contributed by atoms with E-state index in [4.69, 9.17) is 5.26 Å². The topological polar surface area (TPSA) is 23.8 Å². The molecule has 1 nitrogen and oxygen atoms in total. The van der Waals surface area contributed by atoms with E-state index in [-0.39, 0.29) is 51.4 Å². The molecule has 0 N–H and O–H groups in total. The molecule has 4 heavy (non-hydrogen) atoms. The molecule has 16 valence electrons. The normalized spacial score (nSPS) is 1.75. The minimum atomic E-state index is 0. The van der Waals surface area contributed by atoms with E-state index in [1.807, 2.05) is 0 Å². The first kappa shape index (κ1) is 8.89. The second kappa shape index (κ2) is 9.00. The fourth-order valence-corrected chi connectivity index (χ4v) is 0. The van der Waals surface area contributed by atoms with Crippen molar-refractivity contribution in [3.8, 4) is 6.07 Å². The molecule has 0 amide bonds. The van der Waals surface area contributed by atoms with Crippen LogP contribution in [0.2, 0.25) is 0 Å². The van der Waals surface area contributed by atoms with Crippen LogP contribution in [0.4, 0.5) is 0 Å². The predicted octanol–water partition coefficient (Wildman–Crippen LogP) is -2.65. The Morgan fingerprint density at radius 2 is 1.75 bits per heavy atom. The molecular formula is C2H2KN. The first-order valence-electron chi connectivity index (χ1n) is 0.577. The van der Waals surface area contributed by atoms with Crippen LogP contribution >= 0.6 is 0 Å². The Hall–Kier alpha value is 0.996. The largest absolute Gasteiger partial charge is 1.00 e. The smallest absolute Gasteiger partial charge is 0.305 e. The van der Waals surface area contributed by atoms with Crippen LogP contribution in [-0.2, 0) is 0 Å². The molecule has 0 rings (SSSR count). The summed E-state index contributed by atoms with van der Waals surface area (Å²) < 4.78 is 0. The van der Waals surface area contributed by atoms with Crippen LogP contribution in [0.5, 0.6) is 0 Å². The molecule has 0 bridgehead atoms. The Balaban J connectivity index is 0. The van der Waals surface area contributed by atoms with Crippen LogP contribution < -0.4 is 51.4 Å². The van der Waals surface area contributed by atoms with Crippen LogP contribution in [-0.4, -0.2) is 0 Å². The molecule has 0 atom stereocenters. The van der Waals surface area contributed by atoms with Crippen molar-refractivity contribution in [3.63, 3.8) is 0 Å². The van der Waals surface area contributed by atoms with Crippen molar-refractivity contribution in [2.24, 2.45) is 0 Å². The van der Waals surface area contributed by atoms with Crippen molar-refractivity contribution in [2.75, 3.05) is 0 Å². The van der Waals surface area contributed by atoms with Gasteiger partial charge in [-0.25, -0.2) is 5.26 Å². The van der Waals surface area contributed by atoms with Crippen molar-refractivity contribution >= 4 is 0 Å². The second-order valence-electron chi connectivity index (χ2n) is 0.158. The van der Waals surface area contributed by atoms with E-state index in [1.54, 1.807) is 0 Å². The zero-order valence-corrected chi connectivity index (χ0v) is 5.78. The molecular weight excluding hydrogens is 77.1 g/mol. The van der Waals surface area contributed by atoms with Gasteiger partial charge >= 0.3 is 51.4 Å². The quantitative estimate of drug-likeness (QED) is 0.230. The summed E-state index contributed by atoms with van der Waals surface area (Å²) >= 11 is 0. The first-order chi connectivity index (χ1) is 1.41. The van der Waals surface area contributed by atoms with Crippen molar-refractivity contribution in [3.05, 3.63) is 6.92 Å². The molecule has 0 radical (unpaired) electrons. The van der Waals surface area contributed by atoms with Crippen molar-refractivity contribution in [1.82, 2.24) is 0 Å². The Bertz CT molecular complexity index is 27.5. The molecule has 2 heteroatoms. The molecule has 0 saturated carbocycles. The van der Waals surface area contributed by atoms with Crippen molar-refractivity contribution in [1.29, 1.82) is 5.26 Å². The average Bonchev–Trinajstić information content (AvgIpc) is 0.918. The third-order valence-electron chi connectivity index (χ3n) is 0. The summed E-state index contributed by atoms with van der Waals surface area (Å²) in [5.41, 5.74) is 0. The Kier molecular flexibility index (Phi) is 20.0. The van der Waals surface area contributed by atoms with E-state index in [2.05, 4.69) is 6.92 Å². The van der Waals surface area contributed by atoms with Gasteiger partial charge in [0.15, 0.2) is 0 Å². The number of rotatable bonds is 0. The molecule has 0 spiro atoms. The molecule has 0 heterocycles. The first-order valence-corrected chi connectivity index (χ1v) is 0.577. The summed E-state index contributed by atoms with van der Waals surface area (Å²) in [5, 5.41) is 7.21. The molecule has 0 fully saturated rings. The maximum absolute atomic E-state index is 7.21. The molecule has 0 unspecified atom stereocenters. The van der Waals surface area contributed by atoms with Gasteiger partial charge in [-0.05, 0) is 0 Å². The number of hydrogen-bond acceptors (Lipinski definition) is 1. The SMILES string of the molecule is [CH2-]C#N.[K+]. The van der Waals surface area contributed by atoms with Gasteiger partial charge in [0.25, 0.3) is 0 Å². The van der Waals surface area contributed by atoms with Crippen LogP contribution in [0.15, 0.2) is 0 Å².